The quantitative estimate of drug-likeness (QED) is 0.292. The molecular weight excluding hydrogens is 478 g/mol. The molecule has 0 aliphatic heterocycles. The lowest BCUT2D eigenvalue weighted by Crippen LogP contribution is -2.49. The molecular formula is C23H41N3O6S2. The molecule has 34 heavy (non-hydrogen) atoms. The Balaban J connectivity index is 2.49. The number of carboxylic acids is 1. The molecule has 0 aromatic rings. The molecule has 0 heterocycles. The smallest absolute Gasteiger partial charge is 0.408 e. The number of ether oxygens (including phenoxy) is 1. The Labute approximate surface area is 211 Å². The van der Waals surface area contributed by atoms with Gasteiger partial charge in [0.1, 0.15) is 17.7 Å². The molecule has 0 saturated heterocycles. The van der Waals surface area contributed by atoms with Crippen molar-refractivity contribution in [3.05, 3.63) is 0 Å². The maximum Gasteiger partial charge on any atom is 0.408 e. The average molecular weight is 520 g/mol. The summed E-state index contributed by atoms with van der Waals surface area (Å²) < 4.78 is 5.28. The topological polar surface area (TPSA) is 134 Å². The van der Waals surface area contributed by atoms with Crippen molar-refractivity contribution in [3.8, 4) is 0 Å². The maximum atomic E-state index is 12.7. The normalized spacial score (nSPS) is 20.0. The largest absolute Gasteiger partial charge is 0.480 e. The zero-order valence-electron chi connectivity index (χ0n) is 21.0. The van der Waals surface area contributed by atoms with E-state index in [1.807, 2.05) is 12.5 Å². The summed E-state index contributed by atoms with van der Waals surface area (Å²) in [4.78, 5) is 48.8. The summed E-state index contributed by atoms with van der Waals surface area (Å²) in [7, 11) is 0. The highest BCUT2D eigenvalue weighted by molar-refractivity contribution is 7.98. The average Bonchev–Trinajstić information content (AvgIpc) is 2.76. The van der Waals surface area contributed by atoms with Crippen molar-refractivity contribution in [3.63, 3.8) is 0 Å². The number of hydrogen-bond donors (Lipinski definition) is 4. The van der Waals surface area contributed by atoms with Crippen LogP contribution in [0.15, 0.2) is 0 Å². The summed E-state index contributed by atoms with van der Waals surface area (Å²) >= 11 is 3.15. The minimum absolute atomic E-state index is 0.199. The van der Waals surface area contributed by atoms with Gasteiger partial charge in [0, 0.05) is 12.5 Å². The van der Waals surface area contributed by atoms with Gasteiger partial charge in [-0.2, -0.15) is 23.5 Å². The molecule has 0 aromatic heterocycles. The number of thioether (sulfide) groups is 2. The highest BCUT2D eigenvalue weighted by Gasteiger charge is 2.30. The molecule has 0 aromatic carbocycles. The number of carbonyl (C=O) groups is 4. The van der Waals surface area contributed by atoms with E-state index in [0.717, 1.165) is 18.6 Å². The van der Waals surface area contributed by atoms with Crippen molar-refractivity contribution in [2.45, 2.75) is 77.0 Å². The summed E-state index contributed by atoms with van der Waals surface area (Å²) in [5.41, 5.74) is -0.644. The molecule has 2 atom stereocenters. The van der Waals surface area contributed by atoms with Gasteiger partial charge in [-0.05, 0) is 89.2 Å². The minimum Gasteiger partial charge on any atom is -0.480 e. The SMILES string of the molecule is CSCCC(NC(=O)C1CCC(CNC(=O)C(CCSC)NC(=O)OC(C)(C)C)CC1)C(=O)O. The molecule has 3 amide bonds. The maximum absolute atomic E-state index is 12.7. The van der Waals surface area contributed by atoms with Gasteiger partial charge in [-0.3, -0.25) is 9.59 Å². The predicted molar refractivity (Wildman–Crippen MR) is 137 cm³/mol. The van der Waals surface area contributed by atoms with E-state index in [1.54, 1.807) is 44.3 Å². The van der Waals surface area contributed by atoms with Crippen LogP contribution in [0.4, 0.5) is 4.79 Å². The zero-order chi connectivity index (χ0) is 25.7. The van der Waals surface area contributed by atoms with Crippen LogP contribution in [0.3, 0.4) is 0 Å². The van der Waals surface area contributed by atoms with Gasteiger partial charge in [-0.25, -0.2) is 9.59 Å². The Hall–Kier alpha value is -1.62. The van der Waals surface area contributed by atoms with Crippen LogP contribution in [-0.2, 0) is 19.1 Å². The van der Waals surface area contributed by atoms with E-state index < -0.39 is 29.7 Å². The first-order valence-corrected chi connectivity index (χ1v) is 14.5. The van der Waals surface area contributed by atoms with E-state index in [-0.39, 0.29) is 23.7 Å². The van der Waals surface area contributed by atoms with Crippen molar-refractivity contribution in [1.82, 2.24) is 16.0 Å². The monoisotopic (exact) mass is 519 g/mol. The van der Waals surface area contributed by atoms with Gasteiger partial charge in [0.2, 0.25) is 11.8 Å². The van der Waals surface area contributed by atoms with E-state index in [9.17, 15) is 24.3 Å². The minimum atomic E-state index is -1.00. The van der Waals surface area contributed by atoms with E-state index in [0.29, 0.717) is 38.0 Å². The lowest BCUT2D eigenvalue weighted by Gasteiger charge is -2.29. The first-order chi connectivity index (χ1) is 16.0. The standard InChI is InChI=1S/C23H41N3O6S2/c1-23(2,3)32-22(31)26-17(10-12-33-4)20(28)24-14-15-6-8-16(9-7-15)19(27)25-18(21(29)30)11-13-34-5/h15-18H,6-14H2,1-5H3,(H,24,28)(H,25,27)(H,26,31)(H,29,30). The summed E-state index contributed by atoms with van der Waals surface area (Å²) in [6, 6.07) is -1.52. The molecule has 1 fully saturated rings. The second-order valence-corrected chi connectivity index (χ2v) is 11.6. The lowest BCUT2D eigenvalue weighted by molar-refractivity contribution is -0.142. The molecule has 4 N–H and O–H groups in total. The first kappa shape index (κ1) is 30.4. The van der Waals surface area contributed by atoms with Crippen LogP contribution in [0.1, 0.15) is 59.3 Å². The van der Waals surface area contributed by atoms with Gasteiger partial charge in [0.05, 0.1) is 0 Å². The number of amides is 3. The number of rotatable bonds is 13. The third-order valence-electron chi connectivity index (χ3n) is 5.63. The van der Waals surface area contributed by atoms with Crippen LogP contribution >= 0.6 is 23.5 Å². The van der Waals surface area contributed by atoms with E-state index in [1.165, 1.54) is 0 Å². The van der Waals surface area contributed by atoms with Crippen molar-refractivity contribution in [2.24, 2.45) is 11.8 Å². The van der Waals surface area contributed by atoms with Crippen molar-refractivity contribution >= 4 is 47.4 Å². The Morgan fingerprint density at radius 3 is 2.00 bits per heavy atom. The molecule has 1 saturated carbocycles. The highest BCUT2D eigenvalue weighted by atomic mass is 32.2. The fourth-order valence-electron chi connectivity index (χ4n) is 3.73. The predicted octanol–water partition coefficient (Wildman–Crippen LogP) is 2.88. The van der Waals surface area contributed by atoms with E-state index in [4.69, 9.17) is 4.74 Å². The fourth-order valence-corrected chi connectivity index (χ4v) is 4.68. The van der Waals surface area contributed by atoms with Crippen molar-refractivity contribution < 1.29 is 29.0 Å². The van der Waals surface area contributed by atoms with Gasteiger partial charge in [0.15, 0.2) is 0 Å². The van der Waals surface area contributed by atoms with Gasteiger partial charge in [0.25, 0.3) is 0 Å². The van der Waals surface area contributed by atoms with E-state index >= 15 is 0 Å². The molecule has 0 spiro atoms. The Bertz CT molecular complexity index is 678. The summed E-state index contributed by atoms with van der Waals surface area (Å²) in [6.07, 6.45) is 7.00. The van der Waals surface area contributed by atoms with Crippen LogP contribution in [0.2, 0.25) is 0 Å². The third kappa shape index (κ3) is 12.2. The molecule has 2 unspecified atom stereocenters. The molecule has 0 radical (unpaired) electrons. The highest BCUT2D eigenvalue weighted by Crippen LogP contribution is 2.28. The van der Waals surface area contributed by atoms with Crippen molar-refractivity contribution in [2.75, 3.05) is 30.6 Å². The van der Waals surface area contributed by atoms with Crippen LogP contribution in [0, 0.1) is 11.8 Å². The number of aliphatic carboxylic acids is 1. The fraction of sp³-hybridized carbons (Fsp3) is 0.826. The van der Waals surface area contributed by atoms with Crippen LogP contribution in [-0.4, -0.2) is 77.2 Å². The molecule has 11 heteroatoms. The molecule has 0 bridgehead atoms. The van der Waals surface area contributed by atoms with Crippen LogP contribution < -0.4 is 16.0 Å². The summed E-state index contributed by atoms with van der Waals surface area (Å²) in [5.74, 6) is -0.0108. The van der Waals surface area contributed by atoms with Gasteiger partial charge in [-0.1, -0.05) is 0 Å². The first-order valence-electron chi connectivity index (χ1n) is 11.7. The molecule has 9 nitrogen and oxygen atoms in total. The second-order valence-electron chi connectivity index (χ2n) is 9.62. The molecule has 1 aliphatic rings. The summed E-state index contributed by atoms with van der Waals surface area (Å²) in [5, 5.41) is 17.6. The Morgan fingerprint density at radius 2 is 1.50 bits per heavy atom. The molecule has 196 valence electrons. The van der Waals surface area contributed by atoms with Crippen LogP contribution in [0.5, 0.6) is 0 Å². The third-order valence-corrected chi connectivity index (χ3v) is 6.91. The zero-order valence-corrected chi connectivity index (χ0v) is 22.6. The lowest BCUT2D eigenvalue weighted by atomic mass is 9.81. The van der Waals surface area contributed by atoms with E-state index in [2.05, 4.69) is 16.0 Å². The number of carboxylic acid groups (broad SMARTS) is 1. The van der Waals surface area contributed by atoms with Crippen molar-refractivity contribution in [1.29, 1.82) is 0 Å². The van der Waals surface area contributed by atoms with Gasteiger partial charge < -0.3 is 25.8 Å². The summed E-state index contributed by atoms with van der Waals surface area (Å²) in [6.45, 7) is 5.79. The van der Waals surface area contributed by atoms with Crippen LogP contribution in [0.25, 0.3) is 0 Å². The number of alkyl carbamates (subject to hydrolysis) is 1. The Kier molecular flexibility index (Phi) is 13.8. The molecule has 1 aliphatic carbocycles. The van der Waals surface area contributed by atoms with Gasteiger partial charge in [-0.15, -0.1) is 0 Å². The number of nitrogens with one attached hydrogen (secondary N) is 3. The Morgan fingerprint density at radius 1 is 0.941 bits per heavy atom. The second kappa shape index (κ2) is 15.4. The number of hydrogen-bond acceptors (Lipinski definition) is 7. The number of carbonyl (C=O) groups excluding carboxylic acids is 3. The van der Waals surface area contributed by atoms with Gasteiger partial charge >= 0.3 is 12.1 Å². The molecule has 1 rings (SSSR count).